The number of nitrogens with two attached hydrogens (primary N) is 1. The molecular weight excluding hydrogens is 238 g/mol. The number of benzene rings is 1. The van der Waals surface area contributed by atoms with Gasteiger partial charge in [0, 0.05) is 0 Å². The van der Waals surface area contributed by atoms with Crippen molar-refractivity contribution >= 4 is 5.78 Å². The summed E-state index contributed by atoms with van der Waals surface area (Å²) in [5, 5.41) is 0. The second-order valence-corrected chi connectivity index (χ2v) is 6.30. The number of Topliss-reactive ketones (excluding diaryl/α,β-unsaturated/α-hetero) is 1. The van der Waals surface area contributed by atoms with Crippen LogP contribution in [0, 0.1) is 5.92 Å². The van der Waals surface area contributed by atoms with E-state index in [4.69, 9.17) is 10.5 Å². The summed E-state index contributed by atoms with van der Waals surface area (Å²) < 4.78 is 5.29. The van der Waals surface area contributed by atoms with Gasteiger partial charge in [0.2, 0.25) is 0 Å². The fourth-order valence-electron chi connectivity index (χ4n) is 1.85. The van der Waals surface area contributed by atoms with Gasteiger partial charge < -0.3 is 10.5 Å². The number of carbonyl (C=O) groups excluding carboxylic acids is 1. The molecule has 0 radical (unpaired) electrons. The van der Waals surface area contributed by atoms with E-state index in [9.17, 15) is 4.79 Å². The van der Waals surface area contributed by atoms with E-state index in [1.807, 2.05) is 32.0 Å². The molecule has 0 aliphatic carbocycles. The molecule has 0 aliphatic heterocycles. The Kier molecular flexibility index (Phi) is 4.75. The maximum atomic E-state index is 12.4. The van der Waals surface area contributed by atoms with E-state index < -0.39 is 6.04 Å². The average molecular weight is 263 g/mol. The maximum Gasteiger partial charge on any atom is 0.183 e. The average Bonchev–Trinajstić information content (AvgIpc) is 2.34. The molecule has 19 heavy (non-hydrogen) atoms. The van der Waals surface area contributed by atoms with E-state index >= 15 is 0 Å². The van der Waals surface area contributed by atoms with Crippen molar-refractivity contribution in [3.63, 3.8) is 0 Å². The first-order chi connectivity index (χ1) is 8.68. The lowest BCUT2D eigenvalue weighted by Crippen LogP contribution is -2.35. The van der Waals surface area contributed by atoms with Crippen molar-refractivity contribution in [2.75, 3.05) is 7.11 Å². The SMILES string of the molecule is COc1ccc(C(C)(C)C)cc1C(=O)C(N)C(C)C. The molecule has 0 amide bonds. The van der Waals surface area contributed by atoms with Crippen molar-refractivity contribution in [2.24, 2.45) is 11.7 Å². The third-order valence-electron chi connectivity index (χ3n) is 3.35. The number of ether oxygens (including phenoxy) is 1. The highest BCUT2D eigenvalue weighted by atomic mass is 16.5. The standard InChI is InChI=1S/C16H25NO2/c1-10(2)14(17)15(18)12-9-11(16(3,4)5)7-8-13(12)19-6/h7-10,14H,17H2,1-6H3. The van der Waals surface area contributed by atoms with Gasteiger partial charge in [-0.3, -0.25) is 4.79 Å². The molecule has 1 aromatic carbocycles. The fourth-order valence-corrected chi connectivity index (χ4v) is 1.85. The van der Waals surface area contributed by atoms with Crippen molar-refractivity contribution < 1.29 is 9.53 Å². The molecule has 0 heterocycles. The summed E-state index contributed by atoms with van der Waals surface area (Å²) in [6.45, 7) is 10.2. The summed E-state index contributed by atoms with van der Waals surface area (Å²) in [5.74, 6) is 0.641. The van der Waals surface area contributed by atoms with Crippen LogP contribution in [0.3, 0.4) is 0 Å². The highest BCUT2D eigenvalue weighted by Crippen LogP contribution is 2.29. The smallest absolute Gasteiger partial charge is 0.183 e. The fraction of sp³-hybridized carbons (Fsp3) is 0.562. The van der Waals surface area contributed by atoms with Gasteiger partial charge in [-0.05, 0) is 29.0 Å². The van der Waals surface area contributed by atoms with E-state index in [1.54, 1.807) is 7.11 Å². The second kappa shape index (κ2) is 5.74. The highest BCUT2D eigenvalue weighted by Gasteiger charge is 2.24. The van der Waals surface area contributed by atoms with Crippen molar-refractivity contribution in [3.8, 4) is 5.75 Å². The first-order valence-corrected chi connectivity index (χ1v) is 6.66. The minimum Gasteiger partial charge on any atom is -0.496 e. The molecule has 0 saturated heterocycles. The number of hydrogen-bond donors (Lipinski definition) is 1. The molecule has 3 nitrogen and oxygen atoms in total. The van der Waals surface area contributed by atoms with E-state index in [0.29, 0.717) is 11.3 Å². The minimum absolute atomic E-state index is 0.0107. The number of methoxy groups -OCH3 is 1. The van der Waals surface area contributed by atoms with E-state index in [1.165, 1.54) is 0 Å². The second-order valence-electron chi connectivity index (χ2n) is 6.30. The van der Waals surface area contributed by atoms with E-state index in [2.05, 4.69) is 20.8 Å². The molecule has 0 bridgehead atoms. The Morgan fingerprint density at radius 3 is 2.26 bits per heavy atom. The van der Waals surface area contributed by atoms with Crippen LogP contribution >= 0.6 is 0 Å². The summed E-state index contributed by atoms with van der Waals surface area (Å²) in [7, 11) is 1.57. The van der Waals surface area contributed by atoms with Crippen LogP contribution in [-0.2, 0) is 5.41 Å². The van der Waals surface area contributed by atoms with Crippen molar-refractivity contribution in [3.05, 3.63) is 29.3 Å². The van der Waals surface area contributed by atoms with Gasteiger partial charge in [-0.25, -0.2) is 0 Å². The Morgan fingerprint density at radius 2 is 1.84 bits per heavy atom. The van der Waals surface area contributed by atoms with Crippen LogP contribution in [0.15, 0.2) is 18.2 Å². The van der Waals surface area contributed by atoms with E-state index in [0.717, 1.165) is 5.56 Å². The molecule has 106 valence electrons. The largest absolute Gasteiger partial charge is 0.496 e. The van der Waals surface area contributed by atoms with Gasteiger partial charge in [-0.15, -0.1) is 0 Å². The molecule has 2 N–H and O–H groups in total. The predicted octanol–water partition coefficient (Wildman–Crippen LogP) is 3.16. The first kappa shape index (κ1) is 15.7. The third-order valence-corrected chi connectivity index (χ3v) is 3.35. The summed E-state index contributed by atoms with van der Waals surface area (Å²) >= 11 is 0. The summed E-state index contributed by atoms with van der Waals surface area (Å²) in [6.07, 6.45) is 0. The Hall–Kier alpha value is -1.35. The van der Waals surface area contributed by atoms with Crippen LogP contribution in [0.4, 0.5) is 0 Å². The van der Waals surface area contributed by atoms with Gasteiger partial charge in [0.05, 0.1) is 18.7 Å². The summed E-state index contributed by atoms with van der Waals surface area (Å²) in [4.78, 5) is 12.4. The number of rotatable bonds is 4. The van der Waals surface area contributed by atoms with Gasteiger partial charge in [0.25, 0.3) is 0 Å². The molecule has 3 heteroatoms. The lowest BCUT2D eigenvalue weighted by molar-refractivity contribution is 0.0937. The zero-order valence-electron chi connectivity index (χ0n) is 12.8. The van der Waals surface area contributed by atoms with Crippen LogP contribution in [0.5, 0.6) is 5.75 Å². The van der Waals surface area contributed by atoms with Crippen LogP contribution in [0.25, 0.3) is 0 Å². The quantitative estimate of drug-likeness (QED) is 0.849. The zero-order valence-corrected chi connectivity index (χ0v) is 12.8. The van der Waals surface area contributed by atoms with E-state index in [-0.39, 0.29) is 17.1 Å². The monoisotopic (exact) mass is 263 g/mol. The van der Waals surface area contributed by atoms with Crippen molar-refractivity contribution in [1.29, 1.82) is 0 Å². The highest BCUT2D eigenvalue weighted by molar-refractivity contribution is 6.02. The van der Waals surface area contributed by atoms with Crippen LogP contribution < -0.4 is 10.5 Å². The molecule has 1 unspecified atom stereocenters. The molecule has 1 aromatic rings. The molecule has 0 aromatic heterocycles. The summed E-state index contributed by atoms with van der Waals surface area (Å²) in [6, 6.07) is 5.25. The Labute approximate surface area is 116 Å². The van der Waals surface area contributed by atoms with Crippen LogP contribution in [0.2, 0.25) is 0 Å². The Bertz CT molecular complexity index is 458. The van der Waals surface area contributed by atoms with Gasteiger partial charge >= 0.3 is 0 Å². The number of ketones is 1. The molecule has 0 spiro atoms. The van der Waals surface area contributed by atoms with Gasteiger partial charge in [0.15, 0.2) is 5.78 Å². The lowest BCUT2D eigenvalue weighted by Gasteiger charge is -2.22. The molecule has 1 rings (SSSR count). The van der Waals surface area contributed by atoms with Gasteiger partial charge in [-0.2, -0.15) is 0 Å². The van der Waals surface area contributed by atoms with Gasteiger partial charge in [0.1, 0.15) is 5.75 Å². The van der Waals surface area contributed by atoms with Crippen molar-refractivity contribution in [2.45, 2.75) is 46.1 Å². The first-order valence-electron chi connectivity index (χ1n) is 6.66. The molecular formula is C16H25NO2. The molecule has 0 fully saturated rings. The number of carbonyl (C=O) groups is 1. The topological polar surface area (TPSA) is 52.3 Å². The molecule has 0 aliphatic rings. The number of hydrogen-bond acceptors (Lipinski definition) is 3. The predicted molar refractivity (Wildman–Crippen MR) is 78.8 cm³/mol. The zero-order chi connectivity index (χ0) is 14.8. The normalized spacial score (nSPS) is 13.5. The molecule has 0 saturated carbocycles. The van der Waals surface area contributed by atoms with Crippen LogP contribution in [0.1, 0.15) is 50.5 Å². The summed E-state index contributed by atoms with van der Waals surface area (Å²) in [5.41, 5.74) is 7.64. The minimum atomic E-state index is -0.496. The lowest BCUT2D eigenvalue weighted by atomic mass is 9.84. The van der Waals surface area contributed by atoms with Crippen LogP contribution in [-0.4, -0.2) is 18.9 Å². The Morgan fingerprint density at radius 1 is 1.26 bits per heavy atom. The maximum absolute atomic E-state index is 12.4. The molecule has 1 atom stereocenters. The Balaban J connectivity index is 3.27. The van der Waals surface area contributed by atoms with Gasteiger partial charge in [-0.1, -0.05) is 40.7 Å². The third kappa shape index (κ3) is 3.57. The van der Waals surface area contributed by atoms with Crippen molar-refractivity contribution in [1.82, 2.24) is 0 Å².